The van der Waals surface area contributed by atoms with E-state index in [9.17, 15) is 0 Å². The molecule has 1 aromatic rings. The van der Waals surface area contributed by atoms with Crippen LogP contribution in [0.25, 0.3) is 0 Å². The monoisotopic (exact) mass is 122 g/mol. The predicted molar refractivity (Wildman–Crippen MR) is 31.3 cm³/mol. The molecule has 1 aromatic heterocycles. The lowest BCUT2D eigenvalue weighted by Gasteiger charge is -1.75. The fourth-order valence-corrected chi connectivity index (χ4v) is 0.760. The first kappa shape index (κ1) is 5.83. The molecule has 9 heavy (non-hydrogen) atoms. The Labute approximate surface area is 53.8 Å². The summed E-state index contributed by atoms with van der Waals surface area (Å²) in [7, 11) is 3.74. The smallest absolute Gasteiger partial charge is 0.238 e. The molecular weight excluding hydrogens is 114 g/mol. The van der Waals surface area contributed by atoms with Crippen LogP contribution in [0.5, 0.6) is 0 Å². The van der Waals surface area contributed by atoms with Crippen molar-refractivity contribution in [2.75, 3.05) is 0 Å². The zero-order valence-electron chi connectivity index (χ0n) is 5.50. The topological polar surface area (TPSA) is 32.6 Å². The second kappa shape index (κ2) is 1.90. The Hall–Kier alpha value is -1.30. The van der Waals surface area contributed by atoms with E-state index in [1.165, 1.54) is 0 Å². The van der Waals surface area contributed by atoms with Crippen molar-refractivity contribution in [3.05, 3.63) is 18.2 Å². The molecule has 1 heterocycles. The van der Waals surface area contributed by atoms with Crippen molar-refractivity contribution in [1.29, 1.82) is 5.26 Å². The van der Waals surface area contributed by atoms with Crippen LogP contribution < -0.4 is 4.57 Å². The molecule has 0 aliphatic rings. The quantitative estimate of drug-likeness (QED) is 0.436. The minimum atomic E-state index is 0.678. The normalized spacial score (nSPS) is 9.00. The van der Waals surface area contributed by atoms with Gasteiger partial charge in [-0.1, -0.05) is 0 Å². The average Bonchev–Trinajstić information content (AvgIpc) is 2.10. The van der Waals surface area contributed by atoms with E-state index in [-0.39, 0.29) is 0 Å². The molecule has 0 aromatic carbocycles. The number of aromatic nitrogens is 2. The molecule has 0 amide bonds. The largest absolute Gasteiger partial charge is 0.244 e. The summed E-state index contributed by atoms with van der Waals surface area (Å²) < 4.78 is 3.62. The number of hydrogen-bond donors (Lipinski definition) is 0. The van der Waals surface area contributed by atoms with Crippen molar-refractivity contribution < 1.29 is 4.57 Å². The first-order valence-electron chi connectivity index (χ1n) is 2.65. The molecule has 3 nitrogen and oxygen atoms in total. The lowest BCUT2D eigenvalue weighted by molar-refractivity contribution is -0.671. The Balaban J connectivity index is 3.20. The number of aryl methyl sites for hydroxylation is 2. The van der Waals surface area contributed by atoms with Gasteiger partial charge in [0.25, 0.3) is 0 Å². The molecule has 0 radical (unpaired) electrons. The van der Waals surface area contributed by atoms with E-state index in [0.29, 0.717) is 5.69 Å². The number of imidazole rings is 1. The maximum absolute atomic E-state index is 8.45. The Bertz CT molecular complexity index is 254. The molecule has 46 valence electrons. The second-order valence-corrected chi connectivity index (χ2v) is 2.02. The van der Waals surface area contributed by atoms with Crippen LogP contribution in [0.1, 0.15) is 5.69 Å². The van der Waals surface area contributed by atoms with Crippen molar-refractivity contribution in [2.45, 2.75) is 0 Å². The summed E-state index contributed by atoms with van der Waals surface area (Å²) in [6.07, 6.45) is 3.62. The number of hydrogen-bond acceptors (Lipinski definition) is 1. The maximum atomic E-state index is 8.45. The van der Waals surface area contributed by atoms with Crippen molar-refractivity contribution >= 4 is 0 Å². The van der Waals surface area contributed by atoms with Crippen molar-refractivity contribution in [3.8, 4) is 6.07 Å². The fraction of sp³-hybridized carbons (Fsp3) is 0.333. The zero-order chi connectivity index (χ0) is 6.85. The molecule has 1 rings (SSSR count). The maximum Gasteiger partial charge on any atom is 0.244 e. The van der Waals surface area contributed by atoms with E-state index in [2.05, 4.69) is 6.07 Å². The van der Waals surface area contributed by atoms with Gasteiger partial charge >= 0.3 is 0 Å². The zero-order valence-corrected chi connectivity index (χ0v) is 5.50. The summed E-state index contributed by atoms with van der Waals surface area (Å²) in [6.45, 7) is 0. The van der Waals surface area contributed by atoms with E-state index >= 15 is 0 Å². The molecule has 0 saturated carbocycles. The van der Waals surface area contributed by atoms with Crippen LogP contribution in [0.15, 0.2) is 12.5 Å². The fourth-order valence-electron chi connectivity index (χ4n) is 0.760. The van der Waals surface area contributed by atoms with Crippen molar-refractivity contribution in [1.82, 2.24) is 4.57 Å². The third kappa shape index (κ3) is 0.918. The van der Waals surface area contributed by atoms with Gasteiger partial charge in [0.2, 0.25) is 12.0 Å². The number of nitriles is 1. The lowest BCUT2D eigenvalue weighted by Crippen LogP contribution is -2.23. The third-order valence-electron chi connectivity index (χ3n) is 1.18. The highest BCUT2D eigenvalue weighted by atomic mass is 15.1. The van der Waals surface area contributed by atoms with Gasteiger partial charge < -0.3 is 0 Å². The van der Waals surface area contributed by atoms with Crippen molar-refractivity contribution in [2.24, 2.45) is 14.1 Å². The highest BCUT2D eigenvalue weighted by molar-refractivity contribution is 5.13. The molecule has 0 fully saturated rings. The van der Waals surface area contributed by atoms with Crippen LogP contribution in [0, 0.1) is 11.3 Å². The van der Waals surface area contributed by atoms with Gasteiger partial charge in [0.1, 0.15) is 12.3 Å². The molecule has 3 heteroatoms. The van der Waals surface area contributed by atoms with E-state index < -0.39 is 0 Å². The average molecular weight is 122 g/mol. The SMILES string of the molecule is Cn1c[n+](C)cc1C#N. The summed E-state index contributed by atoms with van der Waals surface area (Å²) in [5.41, 5.74) is 0.678. The Morgan fingerprint density at radius 3 is 2.67 bits per heavy atom. The highest BCUT2D eigenvalue weighted by Crippen LogP contribution is 1.88. The second-order valence-electron chi connectivity index (χ2n) is 2.02. The predicted octanol–water partition coefficient (Wildman–Crippen LogP) is -0.279. The van der Waals surface area contributed by atoms with Gasteiger partial charge in [-0.2, -0.15) is 5.26 Å². The summed E-state index contributed by atoms with van der Waals surface area (Å²) in [4.78, 5) is 0. The standard InChI is InChI=1S/C6H8N3/c1-8-4-6(3-7)9(2)5-8/h4-5H,1-2H3/q+1. The van der Waals surface area contributed by atoms with Crippen LogP contribution >= 0.6 is 0 Å². The van der Waals surface area contributed by atoms with Gasteiger partial charge in [0.15, 0.2) is 0 Å². The third-order valence-corrected chi connectivity index (χ3v) is 1.18. The molecular formula is C6H8N3+. The number of rotatable bonds is 0. The molecule has 0 aliphatic carbocycles. The summed E-state index contributed by atoms with van der Waals surface area (Å²) >= 11 is 0. The minimum absolute atomic E-state index is 0.678. The lowest BCUT2D eigenvalue weighted by atomic mass is 10.5. The summed E-state index contributed by atoms with van der Waals surface area (Å²) in [5, 5.41) is 8.45. The van der Waals surface area contributed by atoms with Crippen LogP contribution in [-0.2, 0) is 14.1 Å². The van der Waals surface area contributed by atoms with Gasteiger partial charge in [0, 0.05) is 0 Å². The van der Waals surface area contributed by atoms with Gasteiger partial charge in [-0.15, -0.1) is 0 Å². The molecule has 0 unspecified atom stereocenters. The molecule has 0 atom stereocenters. The first-order valence-corrected chi connectivity index (χ1v) is 2.65. The highest BCUT2D eigenvalue weighted by Gasteiger charge is 2.03. The van der Waals surface area contributed by atoms with Gasteiger partial charge in [-0.3, -0.25) is 0 Å². The summed E-state index contributed by atoms with van der Waals surface area (Å²) in [5.74, 6) is 0. The van der Waals surface area contributed by atoms with E-state index in [0.717, 1.165) is 0 Å². The van der Waals surface area contributed by atoms with Gasteiger partial charge in [-0.25, -0.2) is 9.13 Å². The Morgan fingerprint density at radius 2 is 2.44 bits per heavy atom. The molecule has 0 saturated heterocycles. The minimum Gasteiger partial charge on any atom is -0.238 e. The summed E-state index contributed by atoms with van der Waals surface area (Å²) in [6, 6.07) is 2.06. The van der Waals surface area contributed by atoms with E-state index in [1.807, 2.05) is 25.0 Å². The van der Waals surface area contributed by atoms with E-state index in [1.54, 1.807) is 10.8 Å². The molecule has 0 aliphatic heterocycles. The molecule has 0 spiro atoms. The van der Waals surface area contributed by atoms with Crippen molar-refractivity contribution in [3.63, 3.8) is 0 Å². The Morgan fingerprint density at radius 1 is 1.78 bits per heavy atom. The van der Waals surface area contributed by atoms with Gasteiger partial charge in [-0.05, 0) is 0 Å². The van der Waals surface area contributed by atoms with Gasteiger partial charge in [0.05, 0.1) is 14.1 Å². The first-order chi connectivity index (χ1) is 4.24. The van der Waals surface area contributed by atoms with Crippen LogP contribution in [0.2, 0.25) is 0 Å². The van der Waals surface area contributed by atoms with E-state index in [4.69, 9.17) is 5.26 Å². The van der Waals surface area contributed by atoms with Crippen LogP contribution in [0.3, 0.4) is 0 Å². The van der Waals surface area contributed by atoms with Crippen LogP contribution in [-0.4, -0.2) is 4.57 Å². The Kier molecular flexibility index (Phi) is 1.23. The molecule has 0 N–H and O–H groups in total. The van der Waals surface area contributed by atoms with Crippen LogP contribution in [0.4, 0.5) is 0 Å². The number of nitrogens with zero attached hydrogens (tertiary/aromatic N) is 3. The molecule has 0 bridgehead atoms.